The minimum Gasteiger partial charge on any atom is -0.394 e. The van der Waals surface area contributed by atoms with Gasteiger partial charge in [-0.1, -0.05) is 0 Å². The Hall–Kier alpha value is -2.40. The molecule has 0 aromatic carbocycles. The van der Waals surface area contributed by atoms with Crippen LogP contribution in [0.3, 0.4) is 0 Å². The molecule has 44 heterocycles. The number of rotatable bonds is 12. The number of hydrogen-bond donors (Lipinski definition) is 36. The molecule has 0 aromatic heterocycles. The van der Waals surface area contributed by atoms with Crippen LogP contribution in [0.5, 0.6) is 0 Å². The zero-order valence-electron chi connectivity index (χ0n) is 69.0. The lowest BCUT2D eigenvalue weighted by Crippen LogP contribution is -2.69. The molecule has 768 valence electrons. The fraction of sp³-hybridized carbons (Fsp3) is 1.00. The van der Waals surface area contributed by atoms with Crippen molar-refractivity contribution in [1.29, 1.82) is 0 Å². The SMILES string of the molecule is OC[C@H]1O[C@@H]2O[C@H]3C(O)C(O)[C@H](O[C@@H]3CO)O[C@H]3C(O)C(O)[C@H](O[C@@H]3CO)O[C@H]3C(O)C(O)[C@H](O[C@@H]3CO)O[C@H]3C(O)C(O)[C@H](O[C@@H]3CO)O[C@H]3C(O)C(O)C(OC1C(O)C2O)O[C@@H]3CO.OC[C@H]1O[C@@H]2O[C@H]3C(O)C(O)[C@H](O[C@@H]3CO)O[C@H]3C(O)C(O)[C@H](O[C@@H]3CO)O[C@H]3C(O)C(O)[C@H](O[C@@H]3CO)O[C@H]3C(O)C(O)[C@H](O[C@@H]3CO)O[C@H]3C(O)C(O)C(OC1C(O)C2O)O[C@@H]3CO. The first-order chi connectivity index (χ1) is 62.8. The van der Waals surface area contributed by atoms with Crippen molar-refractivity contribution in [2.45, 2.75) is 368 Å². The third-order valence-corrected chi connectivity index (χ3v) is 25.3. The number of ether oxygens (including phenoxy) is 24. The highest BCUT2D eigenvalue weighted by molar-refractivity contribution is 5.06. The van der Waals surface area contributed by atoms with Crippen molar-refractivity contribution in [2.75, 3.05) is 79.3 Å². The van der Waals surface area contributed by atoms with Crippen LogP contribution in [0.4, 0.5) is 0 Å². The smallest absolute Gasteiger partial charge is 0.187 e. The molecule has 60 nitrogen and oxygen atoms in total. The molecular weight excluding hydrogens is 1820 g/mol. The first-order valence-electron chi connectivity index (χ1n) is 42.2. The van der Waals surface area contributed by atoms with Gasteiger partial charge in [0.1, 0.15) is 293 Å². The van der Waals surface area contributed by atoms with Crippen LogP contribution in [0, 0.1) is 0 Å². The van der Waals surface area contributed by atoms with Gasteiger partial charge in [-0.25, -0.2) is 0 Å². The van der Waals surface area contributed by atoms with E-state index in [4.69, 9.17) is 114 Å². The van der Waals surface area contributed by atoms with E-state index in [9.17, 15) is 184 Å². The molecule has 0 amide bonds. The van der Waals surface area contributed by atoms with Gasteiger partial charge in [0.15, 0.2) is 75.5 Å². The van der Waals surface area contributed by atoms with Gasteiger partial charge in [0.25, 0.3) is 0 Å². The van der Waals surface area contributed by atoms with Crippen LogP contribution in [-0.4, -0.2) is 632 Å². The van der Waals surface area contributed by atoms with Crippen molar-refractivity contribution >= 4 is 0 Å². The maximum atomic E-state index is 11.2. The molecule has 60 heteroatoms. The molecule has 132 heavy (non-hydrogen) atoms. The third-order valence-electron chi connectivity index (χ3n) is 25.3. The molecule has 36 N–H and O–H groups in total. The van der Waals surface area contributed by atoms with Crippen LogP contribution >= 0.6 is 0 Å². The Balaban J connectivity index is 0.000000224. The van der Waals surface area contributed by atoms with Crippen LogP contribution in [-0.2, 0) is 114 Å². The molecule has 0 spiro atoms. The van der Waals surface area contributed by atoms with E-state index >= 15 is 0 Å². The zero-order chi connectivity index (χ0) is 96.1. The topological polar surface area (TPSA) is 950 Å². The molecule has 44 fully saturated rings. The van der Waals surface area contributed by atoms with E-state index in [1.54, 1.807) is 0 Å². The molecule has 0 radical (unpaired) electrons. The van der Waals surface area contributed by atoms with Gasteiger partial charge < -0.3 is 298 Å². The van der Waals surface area contributed by atoms with Gasteiger partial charge in [0.05, 0.1) is 79.3 Å². The van der Waals surface area contributed by atoms with Crippen molar-refractivity contribution in [3.8, 4) is 0 Å². The summed E-state index contributed by atoms with van der Waals surface area (Å²) >= 11 is 0. The third kappa shape index (κ3) is 21.3. The van der Waals surface area contributed by atoms with E-state index in [0.29, 0.717) is 0 Å². The standard InChI is InChI=1S/2C36H60O30/c2*37-1-7-25-13(43)19(49)31(55-7)62-26-8(2-38)57-33(21(51)15(26)45)64-28-10(4-40)59-35(23(53)17(28)47)66-30-12(6-42)60-36(24(54)18(30)48)65-29-11(5-41)58-34(22(52)16(29)46)63-27-9(3-39)56-32(61-25)20(50)14(27)44/h2*7-54H,1-6H2/t2*7-,8-,9-,10-,11-,12-,13?,14?,15?,16?,17?,18?,19?,20?,21?,22?,23?,24?,25-,26-,27-,28-,29-,30?,31-,32-,33-,34-,35?,36-/m11/s1. The second-order valence-electron chi connectivity index (χ2n) is 33.7. The van der Waals surface area contributed by atoms with Gasteiger partial charge in [0, 0.05) is 0 Å². The summed E-state index contributed by atoms with van der Waals surface area (Å²) in [6, 6.07) is 0. The monoisotopic (exact) mass is 1940 g/mol. The summed E-state index contributed by atoms with van der Waals surface area (Å²) < 4.78 is 136. The first kappa shape index (κ1) is 107. The van der Waals surface area contributed by atoms with Gasteiger partial charge in [-0.15, -0.1) is 0 Å². The molecule has 44 aliphatic heterocycles. The minimum absolute atomic E-state index is 0.999. The summed E-state index contributed by atoms with van der Waals surface area (Å²) in [5.41, 5.74) is 0. The second kappa shape index (κ2) is 45.9. The molecule has 60 atom stereocenters. The predicted molar refractivity (Wildman–Crippen MR) is 392 cm³/mol. The summed E-state index contributed by atoms with van der Waals surface area (Å²) in [7, 11) is 0. The zero-order valence-corrected chi connectivity index (χ0v) is 69.0. The highest BCUT2D eigenvalue weighted by Crippen LogP contribution is 2.43. The van der Waals surface area contributed by atoms with E-state index in [1.165, 1.54) is 0 Å². The first-order valence-corrected chi connectivity index (χ1v) is 42.2. The van der Waals surface area contributed by atoms with E-state index < -0.39 is 448 Å². The van der Waals surface area contributed by atoms with Crippen LogP contribution in [0.1, 0.15) is 0 Å². The van der Waals surface area contributed by atoms with Crippen molar-refractivity contribution < 1.29 is 298 Å². The molecule has 0 aromatic rings. The van der Waals surface area contributed by atoms with Gasteiger partial charge >= 0.3 is 0 Å². The lowest BCUT2D eigenvalue weighted by molar-refractivity contribution is -0.404. The Morgan fingerprint density at radius 2 is 0.152 bits per heavy atom. The Bertz CT molecular complexity index is 2680. The lowest BCUT2D eigenvalue weighted by atomic mass is 9.94. The maximum absolute atomic E-state index is 11.2. The molecule has 0 saturated carbocycles. The quantitative estimate of drug-likeness (QED) is 0.0863. The summed E-state index contributed by atoms with van der Waals surface area (Å²) in [6.45, 7) is -12.0. The normalized spacial score (nSPS) is 55.4. The van der Waals surface area contributed by atoms with Crippen molar-refractivity contribution in [2.24, 2.45) is 0 Å². The van der Waals surface area contributed by atoms with Crippen LogP contribution < -0.4 is 0 Å². The average molecular weight is 1950 g/mol. The summed E-state index contributed by atoms with van der Waals surface area (Å²) in [5, 5.41) is 391. The Morgan fingerprint density at radius 3 is 0.205 bits per heavy atom. The summed E-state index contributed by atoms with van der Waals surface area (Å²) in [5.74, 6) is 0. The molecule has 44 aliphatic rings. The highest BCUT2D eigenvalue weighted by Gasteiger charge is 2.64. The highest BCUT2D eigenvalue weighted by atomic mass is 16.8. The summed E-state index contributed by atoms with van der Waals surface area (Å²) in [6.07, 6.45) is -117. The van der Waals surface area contributed by atoms with Crippen molar-refractivity contribution in [1.82, 2.24) is 0 Å². The van der Waals surface area contributed by atoms with E-state index in [2.05, 4.69) is 0 Å². The lowest BCUT2D eigenvalue weighted by Gasteiger charge is -2.50. The molecule has 0 aliphatic carbocycles. The number of aliphatic hydroxyl groups is 36. The second-order valence-corrected chi connectivity index (χ2v) is 33.7. The Morgan fingerprint density at radius 1 is 0.0909 bits per heavy atom. The van der Waals surface area contributed by atoms with Gasteiger partial charge in [-0.3, -0.25) is 0 Å². The fourth-order valence-corrected chi connectivity index (χ4v) is 17.9. The molecule has 24 bridgehead atoms. The Kier molecular flexibility index (Phi) is 37.2. The average Bonchev–Trinajstić information content (AvgIpc) is 0.766. The van der Waals surface area contributed by atoms with Crippen molar-refractivity contribution in [3.05, 3.63) is 0 Å². The molecular formula is C72H120O60. The summed E-state index contributed by atoms with van der Waals surface area (Å²) in [4.78, 5) is 0. The van der Waals surface area contributed by atoms with Crippen LogP contribution in [0.15, 0.2) is 0 Å². The fourth-order valence-electron chi connectivity index (χ4n) is 17.9. The van der Waals surface area contributed by atoms with Gasteiger partial charge in [-0.2, -0.15) is 0 Å². The number of hydrogen-bond acceptors (Lipinski definition) is 60. The van der Waals surface area contributed by atoms with Gasteiger partial charge in [-0.05, 0) is 0 Å². The van der Waals surface area contributed by atoms with E-state index in [0.717, 1.165) is 0 Å². The largest absolute Gasteiger partial charge is 0.394 e. The van der Waals surface area contributed by atoms with Gasteiger partial charge in [0.2, 0.25) is 0 Å². The maximum Gasteiger partial charge on any atom is 0.187 e. The molecule has 44 saturated heterocycles. The molecule has 28 unspecified atom stereocenters. The Labute approximate surface area is 743 Å². The van der Waals surface area contributed by atoms with Crippen LogP contribution in [0.25, 0.3) is 0 Å². The predicted octanol–water partition coefficient (Wildman–Crippen LogP) is -26.1. The van der Waals surface area contributed by atoms with Crippen LogP contribution in [0.2, 0.25) is 0 Å². The minimum atomic E-state index is -2.15. The molecule has 44 rings (SSSR count). The van der Waals surface area contributed by atoms with Crippen molar-refractivity contribution in [3.63, 3.8) is 0 Å². The number of aliphatic hydroxyl groups excluding tert-OH is 36. The van der Waals surface area contributed by atoms with E-state index in [1.807, 2.05) is 0 Å². The van der Waals surface area contributed by atoms with E-state index in [-0.39, 0.29) is 0 Å².